The molecular formula is C31H28F4N6O4S. The third-order valence-corrected chi connectivity index (χ3v) is 10.5. The van der Waals surface area contributed by atoms with Gasteiger partial charge in [-0.1, -0.05) is 6.07 Å². The lowest BCUT2D eigenvalue weighted by Crippen LogP contribution is -2.43. The number of pyridine rings is 1. The zero-order valence-electron chi connectivity index (χ0n) is 24.7. The van der Waals surface area contributed by atoms with Crippen molar-refractivity contribution in [2.45, 2.75) is 31.0 Å². The smallest absolute Gasteiger partial charge is 0.317 e. The minimum absolute atomic E-state index is 0.0373. The first-order valence-corrected chi connectivity index (χ1v) is 15.9. The van der Waals surface area contributed by atoms with Gasteiger partial charge >= 0.3 is 16.2 Å². The number of aromatic hydroxyl groups is 1. The van der Waals surface area contributed by atoms with Gasteiger partial charge in [-0.2, -0.15) is 22.7 Å². The Labute approximate surface area is 261 Å². The van der Waals surface area contributed by atoms with E-state index < -0.39 is 45.1 Å². The molecular weight excluding hydrogens is 628 g/mol. The molecule has 0 spiro atoms. The fourth-order valence-electron chi connectivity index (χ4n) is 6.57. The van der Waals surface area contributed by atoms with E-state index in [1.165, 1.54) is 50.9 Å². The summed E-state index contributed by atoms with van der Waals surface area (Å²) in [7, 11) is -1.15. The molecule has 5 aromatic rings. The lowest BCUT2D eigenvalue weighted by atomic mass is 9.95. The van der Waals surface area contributed by atoms with Gasteiger partial charge in [0.2, 0.25) is 0 Å². The average Bonchev–Trinajstić information content (AvgIpc) is 3.73. The first-order valence-electron chi connectivity index (χ1n) is 14.5. The number of phenols is 1. The maximum Gasteiger partial charge on any atom is 0.317 e. The highest BCUT2D eigenvalue weighted by molar-refractivity contribution is 7.87. The van der Waals surface area contributed by atoms with E-state index in [0.717, 1.165) is 33.4 Å². The van der Waals surface area contributed by atoms with Gasteiger partial charge in [0, 0.05) is 67.6 Å². The zero-order chi connectivity index (χ0) is 32.5. The maximum absolute atomic E-state index is 16.6. The van der Waals surface area contributed by atoms with Gasteiger partial charge in [0.15, 0.2) is 17.5 Å². The summed E-state index contributed by atoms with van der Waals surface area (Å²) in [6, 6.07) is 5.68. The topological polar surface area (TPSA) is 114 Å². The number of benzene rings is 2. The molecule has 2 aliphatic rings. The van der Waals surface area contributed by atoms with Crippen LogP contribution in [0.3, 0.4) is 0 Å². The molecule has 46 heavy (non-hydrogen) atoms. The van der Waals surface area contributed by atoms with Gasteiger partial charge in [-0.25, -0.2) is 21.5 Å². The van der Waals surface area contributed by atoms with E-state index in [-0.39, 0.29) is 63.3 Å². The first kappa shape index (κ1) is 30.3. The zero-order valence-corrected chi connectivity index (χ0v) is 25.5. The van der Waals surface area contributed by atoms with Gasteiger partial charge in [0.25, 0.3) is 0 Å². The normalized spacial score (nSPS) is 20.3. The molecule has 0 saturated carbocycles. The van der Waals surface area contributed by atoms with E-state index >= 15 is 8.78 Å². The minimum atomic E-state index is -3.89. The van der Waals surface area contributed by atoms with Crippen molar-refractivity contribution >= 4 is 31.9 Å². The number of ether oxygens (including phenoxy) is 1. The molecule has 2 fully saturated rings. The van der Waals surface area contributed by atoms with Crippen LogP contribution in [0.2, 0.25) is 0 Å². The van der Waals surface area contributed by atoms with Crippen LogP contribution in [0.5, 0.6) is 11.8 Å². The molecule has 0 amide bonds. The lowest BCUT2D eigenvalue weighted by Gasteiger charge is -2.30. The Morgan fingerprint density at radius 2 is 1.91 bits per heavy atom. The third-order valence-electron chi connectivity index (χ3n) is 8.81. The number of hydrogen-bond donors (Lipinski definition) is 1. The number of halogens is 4. The van der Waals surface area contributed by atoms with Crippen LogP contribution in [0.25, 0.3) is 44.2 Å². The molecule has 2 aromatic carbocycles. The van der Waals surface area contributed by atoms with Gasteiger partial charge in [-0.3, -0.25) is 9.88 Å². The summed E-state index contributed by atoms with van der Waals surface area (Å²) in [4.78, 5) is 15.1. The molecule has 2 saturated heterocycles. The van der Waals surface area contributed by atoms with Crippen LogP contribution in [0.4, 0.5) is 17.6 Å². The maximum atomic E-state index is 16.6. The Balaban J connectivity index is 1.41. The Hall–Kier alpha value is -4.34. The molecule has 5 heterocycles. The number of alkyl halides is 1. The number of rotatable bonds is 7. The monoisotopic (exact) mass is 656 g/mol. The van der Waals surface area contributed by atoms with Crippen molar-refractivity contribution in [2.24, 2.45) is 0 Å². The predicted molar refractivity (Wildman–Crippen MR) is 162 cm³/mol. The van der Waals surface area contributed by atoms with Crippen LogP contribution in [0, 0.1) is 17.5 Å². The lowest BCUT2D eigenvalue weighted by molar-refractivity contribution is 0.107. The molecule has 0 aliphatic carbocycles. The highest BCUT2D eigenvalue weighted by Gasteiger charge is 2.49. The van der Waals surface area contributed by atoms with Crippen LogP contribution in [-0.2, 0) is 10.2 Å². The van der Waals surface area contributed by atoms with Crippen LogP contribution >= 0.6 is 0 Å². The van der Waals surface area contributed by atoms with Crippen molar-refractivity contribution in [3.63, 3.8) is 0 Å². The number of fused-ring (bicyclic) bond motifs is 3. The van der Waals surface area contributed by atoms with Gasteiger partial charge in [0.1, 0.15) is 29.7 Å². The molecule has 240 valence electrons. The summed E-state index contributed by atoms with van der Waals surface area (Å²) < 4.78 is 93.9. The van der Waals surface area contributed by atoms with E-state index in [0.29, 0.717) is 13.0 Å². The quantitative estimate of drug-likeness (QED) is 0.243. The van der Waals surface area contributed by atoms with E-state index in [1.54, 1.807) is 0 Å². The van der Waals surface area contributed by atoms with E-state index in [1.807, 2.05) is 4.90 Å². The van der Waals surface area contributed by atoms with E-state index in [2.05, 4.69) is 15.0 Å². The molecule has 3 aromatic heterocycles. The molecule has 7 rings (SSSR count). The summed E-state index contributed by atoms with van der Waals surface area (Å²) in [5.41, 5.74) is -1.12. The SMILES string of the molecule is CN(C)S(=O)(=O)n1ccc(-c2nc(OC[C@@]34CCCN3C[C@H](F)C4)nc3c(F)c(-c4cc(O)cc5ccc(F)c(F)c45)ncc23)c1. The van der Waals surface area contributed by atoms with Crippen molar-refractivity contribution in [3.05, 3.63) is 66.4 Å². The standard InChI is InChI=1S/C31H28F4N6O4S/c1-39(2)46(43,44)41-9-6-18(14-41)27-22-13-36-28(21-11-20(42)10-17-4-5-23(33)25(34)24(17)21)26(35)29(22)38-30(37-27)45-16-31-7-3-8-40(31)15-19(32)12-31/h4-6,9-11,13-14,19,42H,3,7-8,12,15-16H2,1-2H3/t19-,31+/m1/s1. The summed E-state index contributed by atoms with van der Waals surface area (Å²) in [6.07, 6.45) is 4.68. The Bertz CT molecular complexity index is 2140. The van der Waals surface area contributed by atoms with Crippen molar-refractivity contribution in [2.75, 3.05) is 33.8 Å². The average molecular weight is 657 g/mol. The van der Waals surface area contributed by atoms with Gasteiger partial charge < -0.3 is 9.84 Å². The fraction of sp³-hybridized carbons (Fsp3) is 0.323. The van der Waals surface area contributed by atoms with Crippen molar-refractivity contribution < 1.29 is 35.8 Å². The third kappa shape index (κ3) is 4.84. The Kier molecular flexibility index (Phi) is 7.17. The van der Waals surface area contributed by atoms with Gasteiger partial charge in [-0.15, -0.1) is 0 Å². The van der Waals surface area contributed by atoms with Crippen LogP contribution in [0.15, 0.2) is 48.9 Å². The molecule has 0 unspecified atom stereocenters. The predicted octanol–water partition coefficient (Wildman–Crippen LogP) is 5.05. The highest BCUT2D eigenvalue weighted by atomic mass is 32.2. The number of aromatic nitrogens is 4. The second-order valence-corrected chi connectivity index (χ2v) is 13.9. The summed E-state index contributed by atoms with van der Waals surface area (Å²) in [6.45, 7) is 1.05. The summed E-state index contributed by atoms with van der Waals surface area (Å²) in [5, 5.41) is 10.3. The second-order valence-electron chi connectivity index (χ2n) is 11.9. The highest BCUT2D eigenvalue weighted by Crippen LogP contribution is 2.41. The molecule has 0 bridgehead atoms. The van der Waals surface area contributed by atoms with Crippen LogP contribution < -0.4 is 4.74 Å². The number of nitrogens with zero attached hydrogens (tertiary/aromatic N) is 6. The van der Waals surface area contributed by atoms with Crippen LogP contribution in [0.1, 0.15) is 19.3 Å². The van der Waals surface area contributed by atoms with E-state index in [9.17, 15) is 22.3 Å². The summed E-state index contributed by atoms with van der Waals surface area (Å²) in [5.74, 6) is -3.77. The van der Waals surface area contributed by atoms with Crippen molar-refractivity contribution in [3.8, 4) is 34.3 Å². The first-order chi connectivity index (χ1) is 21.9. The largest absolute Gasteiger partial charge is 0.508 e. The molecule has 1 N–H and O–H groups in total. The fourth-order valence-corrected chi connectivity index (χ4v) is 7.41. The molecule has 2 atom stereocenters. The van der Waals surface area contributed by atoms with Gasteiger partial charge in [-0.05, 0) is 49.0 Å². The van der Waals surface area contributed by atoms with Crippen LogP contribution in [-0.4, -0.2) is 87.2 Å². The Morgan fingerprint density at radius 1 is 1.11 bits per heavy atom. The number of phenolic OH excluding ortho intramolecular Hbond substituents is 1. The molecule has 0 radical (unpaired) electrons. The molecule has 15 heteroatoms. The van der Waals surface area contributed by atoms with Gasteiger partial charge in [0.05, 0.1) is 11.2 Å². The molecule has 2 aliphatic heterocycles. The Morgan fingerprint density at radius 3 is 2.70 bits per heavy atom. The minimum Gasteiger partial charge on any atom is -0.508 e. The number of hydrogen-bond acceptors (Lipinski definition) is 8. The van der Waals surface area contributed by atoms with Crippen molar-refractivity contribution in [1.29, 1.82) is 0 Å². The summed E-state index contributed by atoms with van der Waals surface area (Å²) >= 11 is 0. The van der Waals surface area contributed by atoms with E-state index in [4.69, 9.17) is 4.74 Å². The second kappa shape index (κ2) is 10.9. The van der Waals surface area contributed by atoms with Crippen molar-refractivity contribution in [1.82, 2.24) is 28.1 Å². The molecule has 10 nitrogen and oxygen atoms in total.